The highest BCUT2D eigenvalue weighted by Crippen LogP contribution is 2.18. The molecule has 2 rings (SSSR count). The van der Waals surface area contributed by atoms with Crippen molar-refractivity contribution in [3.05, 3.63) is 12.7 Å². The fourth-order valence-electron chi connectivity index (χ4n) is 3.29. The summed E-state index contributed by atoms with van der Waals surface area (Å²) >= 11 is 0. The number of aliphatic imine (C=N–C) groups is 1. The summed E-state index contributed by atoms with van der Waals surface area (Å²) in [6.07, 6.45) is 3.81. The highest BCUT2D eigenvalue weighted by atomic mass is 127. The van der Waals surface area contributed by atoms with Crippen LogP contribution in [-0.2, 0) is 9.59 Å². The van der Waals surface area contributed by atoms with Gasteiger partial charge in [0.05, 0.1) is 6.04 Å². The summed E-state index contributed by atoms with van der Waals surface area (Å²) in [7, 11) is 5.47. The molecular formula is C18H33IN6O2. The first-order valence-corrected chi connectivity index (χ1v) is 9.27. The minimum Gasteiger partial charge on any atom is -0.353 e. The Kier molecular flexibility index (Phi) is 10.1. The number of hydrogen-bond donors (Lipinski definition) is 1. The summed E-state index contributed by atoms with van der Waals surface area (Å²) < 4.78 is 0. The van der Waals surface area contributed by atoms with Crippen LogP contribution in [-0.4, -0.2) is 110 Å². The lowest BCUT2D eigenvalue weighted by atomic mass is 10.2. The number of halogens is 1. The number of piperazine rings is 1. The van der Waals surface area contributed by atoms with Gasteiger partial charge in [0.2, 0.25) is 11.8 Å². The summed E-state index contributed by atoms with van der Waals surface area (Å²) in [6, 6.07) is 0.0336. The Hall–Kier alpha value is -1.36. The molecule has 2 aliphatic heterocycles. The Morgan fingerprint density at radius 2 is 1.81 bits per heavy atom. The third-order valence-corrected chi connectivity index (χ3v) is 4.96. The molecule has 154 valence electrons. The molecule has 2 saturated heterocycles. The van der Waals surface area contributed by atoms with E-state index in [-0.39, 0.29) is 48.4 Å². The van der Waals surface area contributed by atoms with Gasteiger partial charge in [-0.05, 0) is 26.4 Å². The molecule has 8 nitrogen and oxygen atoms in total. The molecule has 1 atom stereocenters. The second-order valence-electron chi connectivity index (χ2n) is 7.05. The average molecular weight is 492 g/mol. The predicted octanol–water partition coefficient (Wildman–Crippen LogP) is 0.0626. The first kappa shape index (κ1) is 23.7. The molecule has 1 N–H and O–H groups in total. The fourth-order valence-corrected chi connectivity index (χ4v) is 3.29. The van der Waals surface area contributed by atoms with Crippen molar-refractivity contribution < 1.29 is 9.59 Å². The van der Waals surface area contributed by atoms with Crippen LogP contribution in [0.25, 0.3) is 0 Å². The molecule has 2 aliphatic rings. The molecule has 0 radical (unpaired) electrons. The lowest BCUT2D eigenvalue weighted by Gasteiger charge is -2.38. The van der Waals surface area contributed by atoms with E-state index in [0.717, 1.165) is 19.4 Å². The number of nitrogens with zero attached hydrogens (tertiary/aromatic N) is 5. The van der Waals surface area contributed by atoms with Crippen molar-refractivity contribution in [2.45, 2.75) is 18.9 Å². The number of carbonyl (C=O) groups is 2. The Morgan fingerprint density at radius 3 is 2.33 bits per heavy atom. The van der Waals surface area contributed by atoms with Gasteiger partial charge < -0.3 is 20.0 Å². The molecule has 1 unspecified atom stereocenters. The van der Waals surface area contributed by atoms with E-state index in [0.29, 0.717) is 38.7 Å². The van der Waals surface area contributed by atoms with Crippen molar-refractivity contribution in [2.75, 3.05) is 67.0 Å². The summed E-state index contributed by atoms with van der Waals surface area (Å²) in [5, 5.41) is 3.22. The van der Waals surface area contributed by atoms with Gasteiger partial charge in [-0.2, -0.15) is 0 Å². The number of amides is 2. The van der Waals surface area contributed by atoms with Gasteiger partial charge in [-0.25, -0.2) is 4.99 Å². The number of likely N-dealkylation sites (tertiary alicyclic amines) is 1. The summed E-state index contributed by atoms with van der Waals surface area (Å²) in [4.78, 5) is 36.7. The largest absolute Gasteiger partial charge is 0.353 e. The zero-order valence-electron chi connectivity index (χ0n) is 16.7. The van der Waals surface area contributed by atoms with Gasteiger partial charge in [0.1, 0.15) is 6.54 Å². The first-order valence-electron chi connectivity index (χ1n) is 9.27. The predicted molar refractivity (Wildman–Crippen MR) is 118 cm³/mol. The lowest BCUT2D eigenvalue weighted by molar-refractivity contribution is -0.136. The third kappa shape index (κ3) is 6.63. The van der Waals surface area contributed by atoms with Crippen molar-refractivity contribution in [2.24, 2.45) is 4.99 Å². The van der Waals surface area contributed by atoms with Gasteiger partial charge in [-0.1, -0.05) is 6.08 Å². The molecule has 0 bridgehead atoms. The van der Waals surface area contributed by atoms with E-state index in [2.05, 4.69) is 26.7 Å². The third-order valence-electron chi connectivity index (χ3n) is 4.96. The van der Waals surface area contributed by atoms with Gasteiger partial charge in [0.15, 0.2) is 5.96 Å². The SMILES string of the molecule is C=CCNC(=NCC(=O)N(C)C)N1CCN(C(=O)C2CCCN2C)CC1.I. The molecule has 27 heavy (non-hydrogen) atoms. The Bertz CT molecular complexity index is 546. The van der Waals surface area contributed by atoms with Crippen LogP contribution >= 0.6 is 24.0 Å². The maximum absolute atomic E-state index is 12.7. The van der Waals surface area contributed by atoms with Crippen molar-refractivity contribution in [3.63, 3.8) is 0 Å². The summed E-state index contributed by atoms with van der Waals surface area (Å²) in [5.41, 5.74) is 0. The molecule has 0 spiro atoms. The van der Waals surface area contributed by atoms with Crippen LogP contribution in [0.5, 0.6) is 0 Å². The monoisotopic (exact) mass is 492 g/mol. The normalized spacial score (nSPS) is 20.9. The highest BCUT2D eigenvalue weighted by molar-refractivity contribution is 14.0. The standard InChI is InChI=1S/C18H32N6O2.HI/c1-5-8-19-18(20-14-16(25)21(2)3)24-12-10-23(11-13-24)17(26)15-7-6-9-22(15)4;/h5,15H,1,6-14H2,2-4H3,(H,19,20);1H. The number of nitrogens with one attached hydrogen (secondary N) is 1. The molecule has 0 aromatic heterocycles. The molecule has 2 amide bonds. The first-order chi connectivity index (χ1) is 12.4. The number of carbonyl (C=O) groups excluding carboxylic acids is 2. The molecule has 0 aromatic rings. The Balaban J connectivity index is 0.00000364. The van der Waals surface area contributed by atoms with E-state index in [9.17, 15) is 9.59 Å². The van der Waals surface area contributed by atoms with Gasteiger partial charge in [0, 0.05) is 46.8 Å². The number of hydrogen-bond acceptors (Lipinski definition) is 4. The molecule has 2 fully saturated rings. The summed E-state index contributed by atoms with van der Waals surface area (Å²) in [5.74, 6) is 0.899. The molecule has 0 saturated carbocycles. The Labute approximate surface area is 179 Å². The van der Waals surface area contributed by atoms with Gasteiger partial charge >= 0.3 is 0 Å². The van der Waals surface area contributed by atoms with Crippen LogP contribution in [0.2, 0.25) is 0 Å². The maximum atomic E-state index is 12.7. The quantitative estimate of drug-likeness (QED) is 0.255. The average Bonchev–Trinajstić information content (AvgIpc) is 3.07. The lowest BCUT2D eigenvalue weighted by Crippen LogP contribution is -2.56. The van der Waals surface area contributed by atoms with Crippen LogP contribution in [0, 0.1) is 0 Å². The summed E-state index contributed by atoms with van der Waals surface area (Å²) in [6.45, 7) is 8.19. The van der Waals surface area contributed by atoms with Gasteiger partial charge in [-0.15, -0.1) is 30.6 Å². The van der Waals surface area contributed by atoms with Crippen LogP contribution in [0.3, 0.4) is 0 Å². The maximum Gasteiger partial charge on any atom is 0.243 e. The molecule has 9 heteroatoms. The van der Waals surface area contributed by atoms with E-state index < -0.39 is 0 Å². The van der Waals surface area contributed by atoms with Crippen molar-refractivity contribution in [1.29, 1.82) is 0 Å². The van der Waals surface area contributed by atoms with Crippen LogP contribution < -0.4 is 5.32 Å². The topological polar surface area (TPSA) is 71.5 Å². The second kappa shape index (κ2) is 11.5. The van der Waals surface area contributed by atoms with Crippen molar-refractivity contribution in [1.82, 2.24) is 24.9 Å². The van der Waals surface area contributed by atoms with Crippen molar-refractivity contribution in [3.8, 4) is 0 Å². The molecule has 0 aliphatic carbocycles. The van der Waals surface area contributed by atoms with E-state index in [4.69, 9.17) is 0 Å². The minimum atomic E-state index is -0.0408. The fraction of sp³-hybridized carbons (Fsp3) is 0.722. The smallest absolute Gasteiger partial charge is 0.243 e. The van der Waals surface area contributed by atoms with Gasteiger partial charge in [-0.3, -0.25) is 14.5 Å². The molecular weight excluding hydrogens is 459 g/mol. The second-order valence-corrected chi connectivity index (χ2v) is 7.05. The van der Waals surface area contributed by atoms with E-state index in [1.807, 2.05) is 11.9 Å². The zero-order valence-corrected chi connectivity index (χ0v) is 19.0. The van der Waals surface area contributed by atoms with E-state index >= 15 is 0 Å². The molecule has 2 heterocycles. The number of rotatable bonds is 5. The van der Waals surface area contributed by atoms with Crippen LogP contribution in [0.1, 0.15) is 12.8 Å². The minimum absolute atomic E-state index is 0. The van der Waals surface area contributed by atoms with Crippen LogP contribution in [0.4, 0.5) is 0 Å². The highest BCUT2D eigenvalue weighted by Gasteiger charge is 2.33. The van der Waals surface area contributed by atoms with E-state index in [1.165, 1.54) is 4.90 Å². The number of guanidine groups is 1. The van der Waals surface area contributed by atoms with Crippen LogP contribution in [0.15, 0.2) is 17.6 Å². The van der Waals surface area contributed by atoms with E-state index in [1.54, 1.807) is 20.2 Å². The molecule has 0 aromatic carbocycles. The Morgan fingerprint density at radius 1 is 1.19 bits per heavy atom. The number of likely N-dealkylation sites (N-methyl/N-ethyl adjacent to an activating group) is 2. The van der Waals surface area contributed by atoms with Crippen molar-refractivity contribution >= 4 is 41.8 Å². The van der Waals surface area contributed by atoms with Gasteiger partial charge in [0.25, 0.3) is 0 Å². The zero-order chi connectivity index (χ0) is 19.1.